The van der Waals surface area contributed by atoms with Crippen molar-refractivity contribution in [3.05, 3.63) is 0 Å². The first kappa shape index (κ1) is 5.09. The highest BCUT2D eigenvalue weighted by molar-refractivity contribution is 5.58. The van der Waals surface area contributed by atoms with Gasteiger partial charge in [-0.25, -0.2) is 0 Å². The van der Waals surface area contributed by atoms with Crippen molar-refractivity contribution in [1.29, 1.82) is 0 Å². The maximum Gasteiger partial charge on any atom is 0.116 e. The predicted octanol–water partition coefficient (Wildman–Crippen LogP) is 0.343. The lowest BCUT2D eigenvalue weighted by Crippen LogP contribution is -2.34. The van der Waals surface area contributed by atoms with Gasteiger partial charge in [0.2, 0.25) is 0 Å². The molecule has 1 N–H and O–H groups in total. The number of hydrogen-bond donors (Lipinski definition) is 1. The Morgan fingerprint density at radius 2 is 2.56 bits per heavy atom. The highest BCUT2D eigenvalue weighted by Crippen LogP contribution is 2.22. The molecule has 3 nitrogen and oxygen atoms in total. The van der Waals surface area contributed by atoms with Crippen LogP contribution < -0.4 is 5.43 Å². The first-order valence-corrected chi connectivity index (χ1v) is 3.44. The van der Waals surface area contributed by atoms with E-state index in [1.54, 1.807) is 0 Å². The van der Waals surface area contributed by atoms with Crippen LogP contribution in [0, 0.1) is 0 Å². The molecule has 2 atom stereocenters. The van der Waals surface area contributed by atoms with Crippen LogP contribution in [0.3, 0.4) is 0 Å². The van der Waals surface area contributed by atoms with Gasteiger partial charge in [0, 0.05) is 6.04 Å². The van der Waals surface area contributed by atoms with Gasteiger partial charge in [0.1, 0.15) is 12.5 Å². The van der Waals surface area contributed by atoms with Crippen LogP contribution in [0.15, 0.2) is 5.10 Å². The molecule has 2 aliphatic rings. The van der Waals surface area contributed by atoms with Crippen molar-refractivity contribution in [3.63, 3.8) is 0 Å². The number of hydrazone groups is 1. The van der Waals surface area contributed by atoms with Crippen LogP contribution >= 0.6 is 0 Å². The fourth-order valence-electron chi connectivity index (χ4n) is 1.52. The van der Waals surface area contributed by atoms with Crippen LogP contribution in [0.2, 0.25) is 0 Å². The summed E-state index contributed by atoms with van der Waals surface area (Å²) in [6.45, 7) is 2.24. The molecule has 2 unspecified atom stereocenters. The predicted molar refractivity (Wildman–Crippen MR) is 36.0 cm³/mol. The maximum atomic E-state index is 3.97. The van der Waals surface area contributed by atoms with E-state index < -0.39 is 0 Å². The third-order valence-electron chi connectivity index (χ3n) is 2.14. The highest BCUT2D eigenvalue weighted by atomic mass is 15.5. The third-order valence-corrected chi connectivity index (χ3v) is 2.14. The molecule has 0 aromatic heterocycles. The minimum Gasteiger partial charge on any atom is -0.337 e. The van der Waals surface area contributed by atoms with E-state index in [1.807, 2.05) is 6.34 Å². The normalized spacial score (nSPS) is 39.0. The van der Waals surface area contributed by atoms with Crippen molar-refractivity contribution >= 4 is 6.34 Å². The SMILES string of the molecule is CC1CCC2NN=CN12. The molecule has 0 aromatic carbocycles. The standard InChI is InChI=1S/C6H11N3/c1-5-2-3-6-8-7-4-9(5)6/h4-6,8H,2-3H2,1H3. The van der Waals surface area contributed by atoms with Crippen LogP contribution in [-0.4, -0.2) is 23.4 Å². The number of fused-ring (bicyclic) bond motifs is 1. The monoisotopic (exact) mass is 125 g/mol. The lowest BCUT2D eigenvalue weighted by Gasteiger charge is -2.17. The molecule has 2 heterocycles. The number of rotatable bonds is 0. The lowest BCUT2D eigenvalue weighted by molar-refractivity contribution is 0.330. The Labute approximate surface area is 54.7 Å². The fraction of sp³-hybridized carbons (Fsp3) is 0.833. The third kappa shape index (κ3) is 0.605. The van der Waals surface area contributed by atoms with Crippen molar-refractivity contribution in [3.8, 4) is 0 Å². The zero-order valence-corrected chi connectivity index (χ0v) is 5.54. The van der Waals surface area contributed by atoms with Gasteiger partial charge in [-0.3, -0.25) is 5.43 Å². The van der Waals surface area contributed by atoms with E-state index in [2.05, 4.69) is 22.4 Å². The molecule has 50 valence electrons. The largest absolute Gasteiger partial charge is 0.337 e. The summed E-state index contributed by atoms with van der Waals surface area (Å²) in [5.74, 6) is 0. The summed E-state index contributed by atoms with van der Waals surface area (Å²) in [5, 5.41) is 3.97. The Morgan fingerprint density at radius 3 is 3.33 bits per heavy atom. The molecule has 2 rings (SSSR count). The van der Waals surface area contributed by atoms with Crippen molar-refractivity contribution in [2.75, 3.05) is 0 Å². The van der Waals surface area contributed by atoms with Crippen molar-refractivity contribution in [1.82, 2.24) is 10.3 Å². The Morgan fingerprint density at radius 1 is 1.67 bits per heavy atom. The molecular formula is C6H11N3. The fourth-order valence-corrected chi connectivity index (χ4v) is 1.52. The van der Waals surface area contributed by atoms with E-state index in [0.717, 1.165) is 0 Å². The second kappa shape index (κ2) is 1.62. The molecule has 0 aliphatic carbocycles. The first-order valence-electron chi connectivity index (χ1n) is 3.44. The van der Waals surface area contributed by atoms with Gasteiger partial charge in [-0.2, -0.15) is 5.10 Å². The second-order valence-electron chi connectivity index (χ2n) is 2.76. The van der Waals surface area contributed by atoms with Gasteiger partial charge in [-0.05, 0) is 19.8 Å². The second-order valence-corrected chi connectivity index (χ2v) is 2.76. The Balaban J connectivity index is 2.15. The van der Waals surface area contributed by atoms with Gasteiger partial charge in [0.25, 0.3) is 0 Å². The molecule has 2 aliphatic heterocycles. The summed E-state index contributed by atoms with van der Waals surface area (Å²) >= 11 is 0. The molecule has 0 amide bonds. The summed E-state index contributed by atoms with van der Waals surface area (Å²) < 4.78 is 0. The topological polar surface area (TPSA) is 27.6 Å². The van der Waals surface area contributed by atoms with E-state index in [0.29, 0.717) is 12.2 Å². The van der Waals surface area contributed by atoms with Gasteiger partial charge < -0.3 is 4.90 Å². The molecule has 0 bridgehead atoms. The van der Waals surface area contributed by atoms with Gasteiger partial charge >= 0.3 is 0 Å². The van der Waals surface area contributed by atoms with Crippen LogP contribution in [0.5, 0.6) is 0 Å². The van der Waals surface area contributed by atoms with E-state index in [9.17, 15) is 0 Å². The minimum absolute atomic E-state index is 0.514. The van der Waals surface area contributed by atoms with Crippen LogP contribution in [0.4, 0.5) is 0 Å². The van der Waals surface area contributed by atoms with Crippen LogP contribution in [0.1, 0.15) is 19.8 Å². The van der Waals surface area contributed by atoms with Crippen molar-refractivity contribution in [2.24, 2.45) is 5.10 Å². The first-order chi connectivity index (χ1) is 4.38. The average molecular weight is 125 g/mol. The van der Waals surface area contributed by atoms with E-state index in [4.69, 9.17) is 0 Å². The van der Waals surface area contributed by atoms with Crippen LogP contribution in [0.25, 0.3) is 0 Å². The number of hydrogen-bond acceptors (Lipinski definition) is 3. The quantitative estimate of drug-likeness (QED) is 0.505. The Kier molecular flexibility index (Phi) is 0.917. The Hall–Kier alpha value is -0.730. The van der Waals surface area contributed by atoms with E-state index in [1.165, 1.54) is 12.8 Å². The smallest absolute Gasteiger partial charge is 0.116 e. The molecule has 0 saturated carbocycles. The highest BCUT2D eigenvalue weighted by Gasteiger charge is 2.30. The molecule has 3 heteroatoms. The molecule has 0 radical (unpaired) electrons. The van der Waals surface area contributed by atoms with E-state index in [-0.39, 0.29) is 0 Å². The average Bonchev–Trinajstić information content (AvgIpc) is 2.35. The summed E-state index contributed by atoms with van der Waals surface area (Å²) in [7, 11) is 0. The minimum atomic E-state index is 0.514. The van der Waals surface area contributed by atoms with Crippen molar-refractivity contribution < 1.29 is 0 Å². The van der Waals surface area contributed by atoms with E-state index >= 15 is 0 Å². The molecule has 9 heavy (non-hydrogen) atoms. The summed E-state index contributed by atoms with van der Waals surface area (Å²) in [4.78, 5) is 2.28. The van der Waals surface area contributed by atoms with Gasteiger partial charge in [0.05, 0.1) is 0 Å². The molecular weight excluding hydrogens is 114 g/mol. The number of nitrogens with zero attached hydrogens (tertiary/aromatic N) is 2. The Bertz CT molecular complexity index is 143. The van der Waals surface area contributed by atoms with Crippen LogP contribution in [-0.2, 0) is 0 Å². The zero-order chi connectivity index (χ0) is 6.27. The maximum absolute atomic E-state index is 3.97. The molecule has 1 saturated heterocycles. The molecule has 0 aromatic rings. The van der Waals surface area contributed by atoms with Gasteiger partial charge in [-0.15, -0.1) is 0 Å². The summed E-state index contributed by atoms with van der Waals surface area (Å²) in [6, 6.07) is 0.689. The van der Waals surface area contributed by atoms with Crippen molar-refractivity contribution in [2.45, 2.75) is 32.0 Å². The summed E-state index contributed by atoms with van der Waals surface area (Å²) in [5.41, 5.74) is 3.04. The number of nitrogens with one attached hydrogen (secondary N) is 1. The summed E-state index contributed by atoms with van der Waals surface area (Å²) in [6.07, 6.45) is 4.95. The van der Waals surface area contributed by atoms with Gasteiger partial charge in [-0.1, -0.05) is 0 Å². The lowest BCUT2D eigenvalue weighted by atomic mass is 10.2. The zero-order valence-electron chi connectivity index (χ0n) is 5.54. The molecule has 0 spiro atoms. The van der Waals surface area contributed by atoms with Gasteiger partial charge in [0.15, 0.2) is 0 Å². The molecule has 1 fully saturated rings.